The molecule has 0 aromatic carbocycles. The quantitative estimate of drug-likeness (QED) is 0.766. The predicted octanol–water partition coefficient (Wildman–Crippen LogP) is 2.52. The minimum Gasteiger partial charge on any atom is -0.459 e. The first-order valence-electron chi connectivity index (χ1n) is 8.76. The molecule has 2 N–H and O–H groups in total. The van der Waals surface area contributed by atoms with Crippen molar-refractivity contribution >= 4 is 5.97 Å². The number of aliphatic hydroxyl groups excluding tert-OH is 2. The van der Waals surface area contributed by atoms with Crippen molar-refractivity contribution in [1.82, 2.24) is 0 Å². The summed E-state index contributed by atoms with van der Waals surface area (Å²) < 4.78 is 6.09. The first kappa shape index (κ1) is 16.3. The Morgan fingerprint density at radius 1 is 1.14 bits per heavy atom. The molecule has 4 fully saturated rings. The third-order valence-electron chi connectivity index (χ3n) is 7.09. The number of esters is 1. The van der Waals surface area contributed by atoms with Gasteiger partial charge in [0, 0.05) is 5.41 Å². The van der Waals surface area contributed by atoms with Gasteiger partial charge in [0.1, 0.15) is 5.60 Å². The predicted molar refractivity (Wildman–Crippen MR) is 83.1 cm³/mol. The molecule has 4 saturated carbocycles. The van der Waals surface area contributed by atoms with Crippen LogP contribution >= 0.6 is 0 Å². The van der Waals surface area contributed by atoms with Gasteiger partial charge in [-0.1, -0.05) is 6.92 Å². The molecule has 4 aliphatic rings. The zero-order valence-corrected chi connectivity index (χ0v) is 14.1. The van der Waals surface area contributed by atoms with Crippen molar-refractivity contribution in [2.24, 2.45) is 28.6 Å². The van der Waals surface area contributed by atoms with Gasteiger partial charge in [0.05, 0.1) is 18.6 Å². The van der Waals surface area contributed by atoms with Crippen LogP contribution in [0, 0.1) is 28.6 Å². The molecule has 0 aromatic rings. The van der Waals surface area contributed by atoms with Crippen molar-refractivity contribution in [3.05, 3.63) is 0 Å². The molecule has 4 aliphatic carbocycles. The summed E-state index contributed by atoms with van der Waals surface area (Å²) in [5.41, 5.74) is -1.13. The molecule has 0 spiro atoms. The van der Waals surface area contributed by atoms with Crippen LogP contribution in [-0.4, -0.2) is 35.0 Å². The lowest BCUT2D eigenvalue weighted by Crippen LogP contribution is -2.63. The lowest BCUT2D eigenvalue weighted by Gasteiger charge is -2.64. The highest BCUT2D eigenvalue weighted by Gasteiger charge is 2.63. The number of rotatable bonds is 5. The molecule has 4 bridgehead atoms. The van der Waals surface area contributed by atoms with Crippen LogP contribution < -0.4 is 0 Å². The molecule has 4 nitrogen and oxygen atoms in total. The molecule has 2 atom stereocenters. The van der Waals surface area contributed by atoms with Gasteiger partial charge in [0.2, 0.25) is 0 Å². The van der Waals surface area contributed by atoms with Crippen molar-refractivity contribution in [2.75, 3.05) is 13.2 Å². The van der Waals surface area contributed by atoms with Crippen LogP contribution in [0.5, 0.6) is 0 Å². The minimum atomic E-state index is -0.436. The van der Waals surface area contributed by atoms with E-state index in [1.54, 1.807) is 0 Å². The van der Waals surface area contributed by atoms with Crippen LogP contribution in [0.2, 0.25) is 0 Å². The summed E-state index contributed by atoms with van der Waals surface area (Å²) in [5, 5.41) is 19.8. The van der Waals surface area contributed by atoms with Crippen LogP contribution in [0.3, 0.4) is 0 Å². The molecule has 0 amide bonds. The Hall–Kier alpha value is -0.610. The van der Waals surface area contributed by atoms with E-state index in [9.17, 15) is 15.0 Å². The number of hydrogen-bond donors (Lipinski definition) is 2. The van der Waals surface area contributed by atoms with E-state index in [1.165, 1.54) is 0 Å². The second-order valence-electron chi connectivity index (χ2n) is 8.70. The molecule has 4 heteroatoms. The molecule has 0 aromatic heterocycles. The summed E-state index contributed by atoms with van der Waals surface area (Å²) in [6, 6.07) is 0. The van der Waals surface area contributed by atoms with Crippen LogP contribution in [0.1, 0.15) is 59.3 Å². The van der Waals surface area contributed by atoms with E-state index in [0.717, 1.165) is 38.5 Å². The number of carbonyl (C=O) groups excluding carboxylic acids is 1. The van der Waals surface area contributed by atoms with Crippen molar-refractivity contribution in [3.63, 3.8) is 0 Å². The van der Waals surface area contributed by atoms with Gasteiger partial charge in [-0.25, -0.2) is 0 Å². The van der Waals surface area contributed by atoms with Crippen molar-refractivity contribution < 1.29 is 19.7 Å². The SMILES string of the molecule is CCC(C)(C)C(=O)OC12CC3CC(C1)C(CO)(CO)C(C3)C2. The first-order valence-corrected chi connectivity index (χ1v) is 8.76. The molecule has 22 heavy (non-hydrogen) atoms. The Kier molecular flexibility index (Phi) is 3.84. The van der Waals surface area contributed by atoms with Crippen LogP contribution in [0.15, 0.2) is 0 Å². The smallest absolute Gasteiger partial charge is 0.312 e. The normalized spacial score (nSPS) is 39.0. The van der Waals surface area contributed by atoms with E-state index in [1.807, 2.05) is 20.8 Å². The molecule has 4 rings (SSSR count). The Balaban J connectivity index is 1.82. The first-order chi connectivity index (χ1) is 10.3. The third kappa shape index (κ3) is 2.22. The highest BCUT2D eigenvalue weighted by atomic mass is 16.6. The zero-order valence-electron chi connectivity index (χ0n) is 14.1. The highest BCUT2D eigenvalue weighted by molar-refractivity contribution is 5.76. The van der Waals surface area contributed by atoms with Gasteiger partial charge in [-0.05, 0) is 70.1 Å². The van der Waals surface area contributed by atoms with Gasteiger partial charge < -0.3 is 14.9 Å². The van der Waals surface area contributed by atoms with Gasteiger partial charge in [-0.3, -0.25) is 4.79 Å². The van der Waals surface area contributed by atoms with Gasteiger partial charge in [0.15, 0.2) is 0 Å². The van der Waals surface area contributed by atoms with E-state index < -0.39 is 5.41 Å². The topological polar surface area (TPSA) is 66.8 Å². The van der Waals surface area contributed by atoms with E-state index >= 15 is 0 Å². The number of ether oxygens (including phenoxy) is 1. The second-order valence-corrected chi connectivity index (χ2v) is 8.70. The van der Waals surface area contributed by atoms with Crippen LogP contribution in [-0.2, 0) is 9.53 Å². The molecular weight excluding hydrogens is 280 g/mol. The highest BCUT2D eigenvalue weighted by Crippen LogP contribution is 2.64. The Morgan fingerprint density at radius 2 is 1.68 bits per heavy atom. The van der Waals surface area contributed by atoms with Crippen LogP contribution in [0.25, 0.3) is 0 Å². The van der Waals surface area contributed by atoms with Gasteiger partial charge in [0.25, 0.3) is 0 Å². The fourth-order valence-electron chi connectivity index (χ4n) is 5.29. The van der Waals surface area contributed by atoms with E-state index in [4.69, 9.17) is 4.74 Å². The zero-order chi connectivity index (χ0) is 16.2. The van der Waals surface area contributed by atoms with Crippen molar-refractivity contribution in [3.8, 4) is 0 Å². The fraction of sp³-hybridized carbons (Fsp3) is 0.944. The largest absolute Gasteiger partial charge is 0.459 e. The second kappa shape index (κ2) is 5.20. The Bertz CT molecular complexity index is 434. The summed E-state index contributed by atoms with van der Waals surface area (Å²) in [4.78, 5) is 12.6. The molecular formula is C18H30O4. The van der Waals surface area contributed by atoms with Crippen LogP contribution in [0.4, 0.5) is 0 Å². The van der Waals surface area contributed by atoms with Crippen molar-refractivity contribution in [2.45, 2.75) is 64.9 Å². The monoisotopic (exact) mass is 310 g/mol. The van der Waals surface area contributed by atoms with Crippen molar-refractivity contribution in [1.29, 1.82) is 0 Å². The summed E-state index contributed by atoms with van der Waals surface area (Å²) in [5.74, 6) is 1.06. The summed E-state index contributed by atoms with van der Waals surface area (Å²) in [6.07, 6.45) is 5.50. The van der Waals surface area contributed by atoms with Gasteiger partial charge >= 0.3 is 5.97 Å². The molecule has 126 valence electrons. The van der Waals surface area contributed by atoms with E-state index in [-0.39, 0.29) is 42.0 Å². The number of carbonyl (C=O) groups is 1. The standard InChI is InChI=1S/C18H30O4/c1-4-16(2,3)15(21)22-17-7-12-5-13(8-17)18(10-19,11-20)14(6-12)9-17/h12-14,19-20H,4-11H2,1-3H3. The van der Waals surface area contributed by atoms with E-state index in [0.29, 0.717) is 5.92 Å². The lowest BCUT2D eigenvalue weighted by atomic mass is 9.44. The summed E-state index contributed by atoms with van der Waals surface area (Å²) in [7, 11) is 0. The lowest BCUT2D eigenvalue weighted by molar-refractivity contribution is -0.234. The number of aliphatic hydroxyl groups is 2. The number of hydrogen-bond acceptors (Lipinski definition) is 4. The maximum Gasteiger partial charge on any atom is 0.312 e. The molecule has 0 heterocycles. The molecule has 0 aliphatic heterocycles. The maximum atomic E-state index is 12.6. The molecule has 2 unspecified atom stereocenters. The minimum absolute atomic E-state index is 0.0516. The Morgan fingerprint density at radius 3 is 2.14 bits per heavy atom. The van der Waals surface area contributed by atoms with E-state index in [2.05, 4.69) is 0 Å². The summed E-state index contributed by atoms with van der Waals surface area (Å²) >= 11 is 0. The van der Waals surface area contributed by atoms with Gasteiger partial charge in [-0.2, -0.15) is 0 Å². The maximum absolute atomic E-state index is 12.6. The average Bonchev–Trinajstić information content (AvgIpc) is 2.47. The Labute approximate surface area is 133 Å². The average molecular weight is 310 g/mol. The summed E-state index contributed by atoms with van der Waals surface area (Å²) in [6.45, 7) is 6.01. The molecule has 0 radical (unpaired) electrons. The molecule has 0 saturated heterocycles. The van der Waals surface area contributed by atoms with Gasteiger partial charge in [-0.15, -0.1) is 0 Å². The fourth-order valence-corrected chi connectivity index (χ4v) is 5.29. The third-order valence-corrected chi connectivity index (χ3v) is 7.09.